The molecular weight excluding hydrogens is 338 g/mol. The Morgan fingerprint density at radius 3 is 2.20 bits per heavy atom. The van der Waals surface area contributed by atoms with E-state index in [4.69, 9.17) is 11.6 Å². The van der Waals surface area contributed by atoms with E-state index in [1.54, 1.807) is 24.3 Å². The first-order valence-corrected chi connectivity index (χ1v) is 8.60. The Hall–Kier alpha value is -2.53. The first kappa shape index (κ1) is 18.8. The van der Waals surface area contributed by atoms with Crippen LogP contribution < -0.4 is 15.5 Å². The van der Waals surface area contributed by atoms with Gasteiger partial charge in [-0.25, -0.2) is 0 Å². The first-order chi connectivity index (χ1) is 12.0. The number of halogens is 1. The van der Waals surface area contributed by atoms with Crippen LogP contribution in [-0.2, 0) is 16.1 Å². The summed E-state index contributed by atoms with van der Waals surface area (Å²) in [6.07, 6.45) is 0. The van der Waals surface area contributed by atoms with Crippen molar-refractivity contribution in [3.63, 3.8) is 0 Å². The van der Waals surface area contributed by atoms with Crippen molar-refractivity contribution < 1.29 is 9.59 Å². The molecular formula is C19H22ClN3O2. The van der Waals surface area contributed by atoms with Crippen LogP contribution in [0.3, 0.4) is 0 Å². The van der Waals surface area contributed by atoms with E-state index in [-0.39, 0.29) is 6.54 Å². The summed E-state index contributed by atoms with van der Waals surface area (Å²) in [7, 11) is 0. The summed E-state index contributed by atoms with van der Waals surface area (Å²) in [5.41, 5.74) is 2.41. The van der Waals surface area contributed by atoms with Crippen molar-refractivity contribution in [3.05, 3.63) is 59.1 Å². The third-order valence-electron chi connectivity index (χ3n) is 3.86. The molecule has 0 aromatic heterocycles. The summed E-state index contributed by atoms with van der Waals surface area (Å²) in [5, 5.41) is 5.71. The van der Waals surface area contributed by atoms with Crippen molar-refractivity contribution in [2.45, 2.75) is 20.4 Å². The molecule has 6 heteroatoms. The van der Waals surface area contributed by atoms with Gasteiger partial charge in [-0.1, -0.05) is 29.8 Å². The number of anilines is 2. The van der Waals surface area contributed by atoms with E-state index in [0.29, 0.717) is 10.7 Å². The summed E-state index contributed by atoms with van der Waals surface area (Å²) in [6.45, 7) is 6.19. The molecule has 0 unspecified atom stereocenters. The molecule has 0 heterocycles. The molecule has 132 valence electrons. The average Bonchev–Trinajstić information content (AvgIpc) is 2.63. The maximum absolute atomic E-state index is 12.0. The summed E-state index contributed by atoms with van der Waals surface area (Å²) < 4.78 is 0. The standard InChI is InChI=1S/C19H22ClN3O2/c1-3-23(4-2)16-11-9-15(10-12-16)22-19(25)18(24)21-13-14-7-5-6-8-17(14)20/h5-12H,3-4,13H2,1-2H3,(H,21,24)(H,22,25). The van der Waals surface area contributed by atoms with Crippen molar-refractivity contribution in [2.75, 3.05) is 23.3 Å². The molecule has 2 N–H and O–H groups in total. The lowest BCUT2D eigenvalue weighted by molar-refractivity contribution is -0.136. The predicted octanol–water partition coefficient (Wildman–Crippen LogP) is 3.44. The minimum absolute atomic E-state index is 0.201. The molecule has 25 heavy (non-hydrogen) atoms. The van der Waals surface area contributed by atoms with E-state index >= 15 is 0 Å². The monoisotopic (exact) mass is 359 g/mol. The van der Waals surface area contributed by atoms with Gasteiger partial charge in [0.15, 0.2) is 0 Å². The maximum Gasteiger partial charge on any atom is 0.313 e. The van der Waals surface area contributed by atoms with Crippen LogP contribution >= 0.6 is 11.6 Å². The normalized spacial score (nSPS) is 10.2. The molecule has 0 aliphatic rings. The highest BCUT2D eigenvalue weighted by atomic mass is 35.5. The Morgan fingerprint density at radius 2 is 1.60 bits per heavy atom. The fraction of sp³-hybridized carbons (Fsp3) is 0.263. The molecule has 0 saturated carbocycles. The van der Waals surface area contributed by atoms with Crippen LogP contribution in [0.5, 0.6) is 0 Å². The molecule has 0 saturated heterocycles. The van der Waals surface area contributed by atoms with Crippen LogP contribution in [0.4, 0.5) is 11.4 Å². The zero-order chi connectivity index (χ0) is 18.2. The predicted molar refractivity (Wildman–Crippen MR) is 102 cm³/mol. The van der Waals surface area contributed by atoms with Crippen molar-refractivity contribution in [2.24, 2.45) is 0 Å². The molecule has 5 nitrogen and oxygen atoms in total. The minimum atomic E-state index is -0.706. The SMILES string of the molecule is CCN(CC)c1ccc(NC(=O)C(=O)NCc2ccccc2Cl)cc1. The Bertz CT molecular complexity index is 728. The fourth-order valence-corrected chi connectivity index (χ4v) is 2.63. The number of hydrogen-bond donors (Lipinski definition) is 2. The molecule has 2 amide bonds. The topological polar surface area (TPSA) is 61.4 Å². The Balaban J connectivity index is 1.90. The Morgan fingerprint density at radius 1 is 0.960 bits per heavy atom. The van der Waals surface area contributed by atoms with Gasteiger partial charge in [0.2, 0.25) is 0 Å². The highest BCUT2D eigenvalue weighted by Gasteiger charge is 2.14. The second-order valence-electron chi connectivity index (χ2n) is 5.45. The number of rotatable bonds is 6. The lowest BCUT2D eigenvalue weighted by Crippen LogP contribution is -2.35. The molecule has 0 aliphatic carbocycles. The number of amides is 2. The molecule has 2 aromatic carbocycles. The number of carbonyl (C=O) groups excluding carboxylic acids is 2. The van der Waals surface area contributed by atoms with E-state index in [9.17, 15) is 9.59 Å². The van der Waals surface area contributed by atoms with Gasteiger partial charge in [-0.15, -0.1) is 0 Å². The highest BCUT2D eigenvalue weighted by molar-refractivity contribution is 6.39. The summed E-state index contributed by atoms with van der Waals surface area (Å²) in [4.78, 5) is 26.1. The number of benzene rings is 2. The highest BCUT2D eigenvalue weighted by Crippen LogP contribution is 2.18. The van der Waals surface area contributed by atoms with Gasteiger partial charge in [-0.05, 0) is 49.7 Å². The van der Waals surface area contributed by atoms with Gasteiger partial charge in [-0.2, -0.15) is 0 Å². The van der Waals surface area contributed by atoms with Gasteiger partial charge in [0.25, 0.3) is 0 Å². The molecule has 2 rings (SSSR count). The number of nitrogens with zero attached hydrogens (tertiary/aromatic N) is 1. The number of carbonyl (C=O) groups is 2. The van der Waals surface area contributed by atoms with Crippen LogP contribution in [0.2, 0.25) is 5.02 Å². The van der Waals surface area contributed by atoms with Gasteiger partial charge in [0, 0.05) is 36.0 Å². The Labute approximate surface area is 153 Å². The molecule has 2 aromatic rings. The first-order valence-electron chi connectivity index (χ1n) is 8.22. The molecule has 0 aliphatic heterocycles. The van der Waals surface area contributed by atoms with Gasteiger partial charge < -0.3 is 15.5 Å². The quantitative estimate of drug-likeness (QED) is 0.777. The average molecular weight is 360 g/mol. The van der Waals surface area contributed by atoms with Gasteiger partial charge in [0.1, 0.15) is 0 Å². The molecule has 0 bridgehead atoms. The van der Waals surface area contributed by atoms with Crippen LogP contribution in [0.1, 0.15) is 19.4 Å². The van der Waals surface area contributed by atoms with E-state index in [1.807, 2.05) is 24.3 Å². The smallest absolute Gasteiger partial charge is 0.313 e. The van der Waals surface area contributed by atoms with Crippen LogP contribution in [-0.4, -0.2) is 24.9 Å². The molecule has 0 atom stereocenters. The van der Waals surface area contributed by atoms with Gasteiger partial charge in [-0.3, -0.25) is 9.59 Å². The zero-order valence-electron chi connectivity index (χ0n) is 14.4. The van der Waals surface area contributed by atoms with Crippen molar-refractivity contribution in [3.8, 4) is 0 Å². The number of nitrogens with one attached hydrogen (secondary N) is 2. The molecule has 0 spiro atoms. The summed E-state index contributed by atoms with van der Waals surface area (Å²) in [6, 6.07) is 14.6. The van der Waals surface area contributed by atoms with E-state index in [2.05, 4.69) is 29.4 Å². The van der Waals surface area contributed by atoms with E-state index in [0.717, 1.165) is 24.3 Å². The maximum atomic E-state index is 12.0. The summed E-state index contributed by atoms with van der Waals surface area (Å²) in [5.74, 6) is -1.41. The van der Waals surface area contributed by atoms with E-state index in [1.165, 1.54) is 0 Å². The lowest BCUT2D eigenvalue weighted by atomic mass is 10.2. The van der Waals surface area contributed by atoms with Gasteiger partial charge >= 0.3 is 11.8 Å². The molecule has 0 radical (unpaired) electrons. The van der Waals surface area contributed by atoms with Gasteiger partial charge in [0.05, 0.1) is 0 Å². The second kappa shape index (κ2) is 9.08. The fourth-order valence-electron chi connectivity index (χ4n) is 2.43. The largest absolute Gasteiger partial charge is 0.372 e. The van der Waals surface area contributed by atoms with Crippen molar-refractivity contribution >= 4 is 34.8 Å². The number of hydrogen-bond acceptors (Lipinski definition) is 3. The van der Waals surface area contributed by atoms with Crippen molar-refractivity contribution in [1.82, 2.24) is 5.32 Å². The van der Waals surface area contributed by atoms with Crippen LogP contribution in [0, 0.1) is 0 Å². The zero-order valence-corrected chi connectivity index (χ0v) is 15.1. The minimum Gasteiger partial charge on any atom is -0.372 e. The van der Waals surface area contributed by atoms with Crippen molar-refractivity contribution in [1.29, 1.82) is 0 Å². The Kier molecular flexibility index (Phi) is 6.83. The molecule has 0 fully saturated rings. The second-order valence-corrected chi connectivity index (χ2v) is 5.85. The van der Waals surface area contributed by atoms with Crippen LogP contribution in [0.15, 0.2) is 48.5 Å². The summed E-state index contributed by atoms with van der Waals surface area (Å²) >= 11 is 6.03. The van der Waals surface area contributed by atoms with E-state index < -0.39 is 11.8 Å². The lowest BCUT2D eigenvalue weighted by Gasteiger charge is -2.21. The van der Waals surface area contributed by atoms with Crippen LogP contribution in [0.25, 0.3) is 0 Å². The third-order valence-corrected chi connectivity index (χ3v) is 4.23. The third kappa shape index (κ3) is 5.22.